The monoisotopic (exact) mass is 438 g/mol. The van der Waals surface area contributed by atoms with Crippen molar-refractivity contribution in [3.8, 4) is 6.01 Å². The van der Waals surface area contributed by atoms with Crippen LogP contribution in [0.15, 0.2) is 35.5 Å². The average molecular weight is 439 g/mol. The molecule has 1 fully saturated rings. The van der Waals surface area contributed by atoms with E-state index >= 15 is 0 Å². The topological polar surface area (TPSA) is 110 Å². The summed E-state index contributed by atoms with van der Waals surface area (Å²) in [4.78, 5) is 19.4. The number of carbonyl (C=O) groups is 1. The molecule has 10 heteroatoms. The molecule has 1 aliphatic carbocycles. The summed E-state index contributed by atoms with van der Waals surface area (Å²) in [7, 11) is -3.66. The molecule has 2 aromatic rings. The SMILES string of the molecule is CC(=O)Nc1ccc(S(=O)(=O)NC2CCC(Oc3ncc(Cl)cn3)CC2)c(C)c1. The van der Waals surface area contributed by atoms with Crippen LogP contribution < -0.4 is 14.8 Å². The van der Waals surface area contributed by atoms with Crippen molar-refractivity contribution in [2.45, 2.75) is 56.6 Å². The largest absolute Gasteiger partial charge is 0.460 e. The summed E-state index contributed by atoms with van der Waals surface area (Å²) in [6.07, 6.45) is 5.59. The Kier molecular flexibility index (Phi) is 6.71. The normalized spacial score (nSPS) is 19.6. The first-order valence-electron chi connectivity index (χ1n) is 9.28. The molecule has 1 aromatic heterocycles. The highest BCUT2D eigenvalue weighted by Crippen LogP contribution is 2.25. The van der Waals surface area contributed by atoms with E-state index in [4.69, 9.17) is 16.3 Å². The van der Waals surface area contributed by atoms with Crippen molar-refractivity contribution < 1.29 is 17.9 Å². The Morgan fingerprint density at radius 3 is 2.41 bits per heavy atom. The molecule has 0 bridgehead atoms. The highest BCUT2D eigenvalue weighted by atomic mass is 35.5. The lowest BCUT2D eigenvalue weighted by Crippen LogP contribution is -2.40. The van der Waals surface area contributed by atoms with Crippen molar-refractivity contribution >= 4 is 33.2 Å². The van der Waals surface area contributed by atoms with Gasteiger partial charge in [-0.2, -0.15) is 0 Å². The maximum absolute atomic E-state index is 12.8. The summed E-state index contributed by atoms with van der Waals surface area (Å²) in [5.41, 5.74) is 1.14. The number of halogens is 1. The van der Waals surface area contributed by atoms with E-state index in [1.54, 1.807) is 19.1 Å². The van der Waals surface area contributed by atoms with Gasteiger partial charge in [-0.1, -0.05) is 11.6 Å². The molecule has 29 heavy (non-hydrogen) atoms. The van der Waals surface area contributed by atoms with Gasteiger partial charge < -0.3 is 10.1 Å². The number of nitrogens with zero attached hydrogens (tertiary/aromatic N) is 2. The van der Waals surface area contributed by atoms with Crippen LogP contribution in [0.3, 0.4) is 0 Å². The molecule has 1 aromatic carbocycles. The number of hydrogen-bond acceptors (Lipinski definition) is 6. The Morgan fingerprint density at radius 1 is 1.17 bits per heavy atom. The summed E-state index contributed by atoms with van der Waals surface area (Å²) in [6.45, 7) is 3.11. The van der Waals surface area contributed by atoms with Gasteiger partial charge in [0.15, 0.2) is 0 Å². The number of sulfonamides is 1. The predicted octanol–water partition coefficient (Wildman–Crippen LogP) is 3.07. The third-order valence-electron chi connectivity index (χ3n) is 4.65. The number of carbonyl (C=O) groups excluding carboxylic acids is 1. The van der Waals surface area contributed by atoms with Gasteiger partial charge in [-0.15, -0.1) is 0 Å². The number of hydrogen-bond donors (Lipinski definition) is 2. The quantitative estimate of drug-likeness (QED) is 0.717. The number of anilines is 1. The Bertz CT molecular complexity index is 974. The molecule has 1 saturated carbocycles. The third kappa shape index (κ3) is 5.88. The maximum atomic E-state index is 12.8. The van der Waals surface area contributed by atoms with Gasteiger partial charge in [0.05, 0.1) is 22.3 Å². The van der Waals surface area contributed by atoms with Crippen molar-refractivity contribution in [1.82, 2.24) is 14.7 Å². The Balaban J connectivity index is 1.57. The number of amides is 1. The number of benzene rings is 1. The highest BCUT2D eigenvalue weighted by Gasteiger charge is 2.27. The molecule has 1 heterocycles. The molecule has 2 N–H and O–H groups in total. The van der Waals surface area contributed by atoms with Crippen LogP contribution in [0.5, 0.6) is 6.01 Å². The fraction of sp³-hybridized carbons (Fsp3) is 0.421. The van der Waals surface area contributed by atoms with E-state index in [0.29, 0.717) is 42.0 Å². The number of ether oxygens (including phenoxy) is 1. The molecule has 1 aliphatic rings. The molecule has 0 saturated heterocycles. The van der Waals surface area contributed by atoms with Crippen LogP contribution in [-0.4, -0.2) is 36.4 Å². The number of rotatable bonds is 6. The maximum Gasteiger partial charge on any atom is 0.316 e. The van der Waals surface area contributed by atoms with Gasteiger partial charge in [-0.05, 0) is 56.4 Å². The van der Waals surface area contributed by atoms with E-state index in [-0.39, 0.29) is 29.0 Å². The van der Waals surface area contributed by atoms with E-state index in [2.05, 4.69) is 20.0 Å². The molecule has 0 aliphatic heterocycles. The van der Waals surface area contributed by atoms with Crippen LogP contribution in [0.1, 0.15) is 38.2 Å². The van der Waals surface area contributed by atoms with Gasteiger partial charge in [0.1, 0.15) is 6.10 Å². The van der Waals surface area contributed by atoms with Gasteiger partial charge >= 0.3 is 6.01 Å². The summed E-state index contributed by atoms with van der Waals surface area (Å²) < 4.78 is 34.1. The van der Waals surface area contributed by atoms with E-state index in [9.17, 15) is 13.2 Å². The standard InChI is InChI=1S/C19H23ClN4O4S/c1-12-9-16(23-13(2)25)5-8-18(12)29(26,27)24-15-3-6-17(7-4-15)28-19-21-10-14(20)11-22-19/h5,8-11,15,17,24H,3-4,6-7H2,1-2H3,(H,23,25). The number of aryl methyl sites for hydroxylation is 1. The lowest BCUT2D eigenvalue weighted by atomic mass is 9.94. The van der Waals surface area contributed by atoms with Crippen molar-refractivity contribution in [3.05, 3.63) is 41.2 Å². The fourth-order valence-corrected chi connectivity index (χ4v) is 4.95. The molecule has 8 nitrogen and oxygen atoms in total. The van der Waals surface area contributed by atoms with Gasteiger partial charge in [-0.3, -0.25) is 4.79 Å². The van der Waals surface area contributed by atoms with Crippen LogP contribution in [0.4, 0.5) is 5.69 Å². The van der Waals surface area contributed by atoms with E-state index < -0.39 is 10.0 Å². The van der Waals surface area contributed by atoms with E-state index in [1.165, 1.54) is 25.4 Å². The summed E-state index contributed by atoms with van der Waals surface area (Å²) in [6, 6.07) is 4.84. The molecule has 1 amide bonds. The van der Waals surface area contributed by atoms with Crippen LogP contribution in [0.2, 0.25) is 5.02 Å². The summed E-state index contributed by atoms with van der Waals surface area (Å²) >= 11 is 5.76. The molecular formula is C19H23ClN4O4S. The minimum atomic E-state index is -3.66. The number of aromatic nitrogens is 2. The van der Waals surface area contributed by atoms with Crippen LogP contribution in [0.25, 0.3) is 0 Å². The first kappa shape index (κ1) is 21.5. The van der Waals surface area contributed by atoms with E-state index in [0.717, 1.165) is 0 Å². The van der Waals surface area contributed by atoms with Gasteiger partial charge in [0.25, 0.3) is 0 Å². The third-order valence-corrected chi connectivity index (χ3v) is 6.53. The molecular weight excluding hydrogens is 416 g/mol. The Labute approximate surface area is 175 Å². The minimum Gasteiger partial charge on any atom is -0.460 e. The first-order chi connectivity index (χ1) is 13.7. The second-order valence-corrected chi connectivity index (χ2v) is 9.18. The van der Waals surface area contributed by atoms with Crippen LogP contribution in [-0.2, 0) is 14.8 Å². The fourth-order valence-electron chi connectivity index (χ4n) is 3.32. The molecule has 3 rings (SSSR count). The minimum absolute atomic E-state index is 0.0596. The van der Waals surface area contributed by atoms with Gasteiger partial charge in [0.2, 0.25) is 15.9 Å². The molecule has 0 spiro atoms. The van der Waals surface area contributed by atoms with E-state index in [1.807, 2.05) is 0 Å². The highest BCUT2D eigenvalue weighted by molar-refractivity contribution is 7.89. The molecule has 156 valence electrons. The van der Waals surface area contributed by atoms with Crippen molar-refractivity contribution in [2.24, 2.45) is 0 Å². The molecule has 0 atom stereocenters. The van der Waals surface area contributed by atoms with Crippen LogP contribution in [0, 0.1) is 6.92 Å². The van der Waals surface area contributed by atoms with Gasteiger partial charge in [0, 0.05) is 18.7 Å². The zero-order valence-electron chi connectivity index (χ0n) is 16.2. The lowest BCUT2D eigenvalue weighted by Gasteiger charge is -2.28. The van der Waals surface area contributed by atoms with Gasteiger partial charge in [-0.25, -0.2) is 23.1 Å². The van der Waals surface area contributed by atoms with Crippen molar-refractivity contribution in [3.63, 3.8) is 0 Å². The molecule has 0 unspecified atom stereocenters. The first-order valence-corrected chi connectivity index (χ1v) is 11.1. The summed E-state index contributed by atoms with van der Waals surface area (Å²) in [5.74, 6) is -0.207. The second-order valence-electron chi connectivity index (χ2n) is 7.06. The van der Waals surface area contributed by atoms with Crippen LogP contribution >= 0.6 is 11.6 Å². The summed E-state index contributed by atoms with van der Waals surface area (Å²) in [5, 5.41) is 3.09. The lowest BCUT2D eigenvalue weighted by molar-refractivity contribution is -0.114. The van der Waals surface area contributed by atoms with Crippen molar-refractivity contribution in [2.75, 3.05) is 5.32 Å². The zero-order chi connectivity index (χ0) is 21.0. The predicted molar refractivity (Wildman–Crippen MR) is 110 cm³/mol. The second kappa shape index (κ2) is 9.06. The molecule has 0 radical (unpaired) electrons. The smallest absolute Gasteiger partial charge is 0.316 e. The Hall–Kier alpha value is -2.23. The Morgan fingerprint density at radius 2 is 1.83 bits per heavy atom. The average Bonchev–Trinajstić information content (AvgIpc) is 2.64. The zero-order valence-corrected chi connectivity index (χ0v) is 17.8. The van der Waals surface area contributed by atoms with Crippen molar-refractivity contribution in [1.29, 1.82) is 0 Å². The number of nitrogens with one attached hydrogen (secondary N) is 2.